The van der Waals surface area contributed by atoms with Gasteiger partial charge in [0.1, 0.15) is 11.4 Å². The van der Waals surface area contributed by atoms with Gasteiger partial charge in [-0.05, 0) is 24.6 Å². The normalized spacial score (nSPS) is 15.5. The van der Waals surface area contributed by atoms with Crippen molar-refractivity contribution in [1.82, 2.24) is 30.0 Å². The number of carbonyl (C=O) groups excluding carboxylic acids is 1. The molecule has 0 saturated carbocycles. The Balaban J connectivity index is 1.44. The van der Waals surface area contributed by atoms with Crippen LogP contribution < -0.4 is 9.47 Å². The van der Waals surface area contributed by atoms with Gasteiger partial charge in [-0.2, -0.15) is 20.0 Å². The highest BCUT2D eigenvalue weighted by molar-refractivity contribution is 5.98. The summed E-state index contributed by atoms with van der Waals surface area (Å²) in [6.45, 7) is 0.326. The Morgan fingerprint density at radius 3 is 2.56 bits per heavy atom. The molecule has 10 nitrogen and oxygen atoms in total. The van der Waals surface area contributed by atoms with E-state index in [1.165, 1.54) is 48.7 Å². The molecule has 1 atom stereocenters. The predicted molar refractivity (Wildman–Crippen MR) is 113 cm³/mol. The molecule has 1 fully saturated rings. The van der Waals surface area contributed by atoms with Crippen LogP contribution in [0.25, 0.3) is 17.1 Å². The number of likely N-dealkylation sites (tertiary alicyclic amines) is 1. The van der Waals surface area contributed by atoms with E-state index in [1.54, 1.807) is 0 Å². The molecule has 0 bridgehead atoms. The number of aromatic nitrogens is 5. The van der Waals surface area contributed by atoms with Gasteiger partial charge in [-0.25, -0.2) is 4.39 Å². The van der Waals surface area contributed by atoms with Crippen molar-refractivity contribution in [3.63, 3.8) is 0 Å². The number of rotatable bonds is 6. The van der Waals surface area contributed by atoms with Gasteiger partial charge in [-0.3, -0.25) is 4.79 Å². The second-order valence-electron chi connectivity index (χ2n) is 7.63. The Labute approximate surface area is 200 Å². The average Bonchev–Trinajstić information content (AvgIpc) is 3.50. The van der Waals surface area contributed by atoms with Gasteiger partial charge < -0.3 is 18.9 Å². The molecular formula is C22H16F4N6O4. The highest BCUT2D eigenvalue weighted by Crippen LogP contribution is 2.38. The number of nitrogens with zero attached hydrogens (tertiary/aromatic N) is 6. The van der Waals surface area contributed by atoms with Crippen LogP contribution in [-0.2, 0) is 0 Å². The van der Waals surface area contributed by atoms with E-state index in [0.717, 1.165) is 16.9 Å². The Morgan fingerprint density at radius 1 is 1.14 bits per heavy atom. The predicted octanol–water partition coefficient (Wildman–Crippen LogP) is 3.95. The molecule has 5 rings (SSSR count). The molecule has 2 aromatic heterocycles. The van der Waals surface area contributed by atoms with Crippen molar-refractivity contribution in [1.29, 1.82) is 0 Å². The van der Waals surface area contributed by atoms with E-state index in [1.807, 2.05) is 0 Å². The van der Waals surface area contributed by atoms with Gasteiger partial charge in [0, 0.05) is 12.6 Å². The van der Waals surface area contributed by atoms with E-state index in [0.29, 0.717) is 13.0 Å². The van der Waals surface area contributed by atoms with Crippen LogP contribution in [0.2, 0.25) is 0 Å². The molecule has 3 heterocycles. The van der Waals surface area contributed by atoms with Crippen LogP contribution in [0.5, 0.6) is 11.5 Å². The second kappa shape index (κ2) is 8.94. The summed E-state index contributed by atoms with van der Waals surface area (Å²) in [5, 5.41) is 11.8. The van der Waals surface area contributed by atoms with Crippen molar-refractivity contribution < 1.29 is 36.4 Å². The van der Waals surface area contributed by atoms with E-state index in [4.69, 9.17) is 9.26 Å². The van der Waals surface area contributed by atoms with Gasteiger partial charge in [0.05, 0.1) is 36.7 Å². The second-order valence-corrected chi connectivity index (χ2v) is 7.63. The Kier molecular flexibility index (Phi) is 5.78. The summed E-state index contributed by atoms with van der Waals surface area (Å²) >= 11 is 0. The zero-order valence-electron chi connectivity index (χ0n) is 18.4. The maximum Gasteiger partial charge on any atom is 0.573 e. The Bertz CT molecular complexity index is 1410. The van der Waals surface area contributed by atoms with Crippen molar-refractivity contribution in [3.05, 3.63) is 66.0 Å². The summed E-state index contributed by atoms with van der Waals surface area (Å²) in [5.41, 5.74) is 0.115. The smallest absolute Gasteiger partial charge is 0.494 e. The number of benzene rings is 2. The number of para-hydroxylation sites is 1. The number of amides is 1. The lowest BCUT2D eigenvalue weighted by Gasteiger charge is -2.39. The quantitative estimate of drug-likeness (QED) is 0.363. The molecule has 2 aromatic carbocycles. The number of carbonyl (C=O) groups is 1. The number of methoxy groups -OCH3 is 1. The fourth-order valence-electron chi connectivity index (χ4n) is 3.77. The third-order valence-electron chi connectivity index (χ3n) is 5.50. The monoisotopic (exact) mass is 504 g/mol. The Morgan fingerprint density at radius 2 is 1.89 bits per heavy atom. The van der Waals surface area contributed by atoms with E-state index in [-0.39, 0.29) is 34.3 Å². The molecule has 0 radical (unpaired) electrons. The summed E-state index contributed by atoms with van der Waals surface area (Å²) < 4.78 is 67.0. The molecule has 4 aromatic rings. The molecule has 1 aliphatic rings. The first-order valence-electron chi connectivity index (χ1n) is 10.5. The summed E-state index contributed by atoms with van der Waals surface area (Å²) in [7, 11) is 1.27. The number of alkyl halides is 3. The minimum atomic E-state index is -4.91. The number of hydrogen-bond donors (Lipinski definition) is 0. The van der Waals surface area contributed by atoms with Crippen LogP contribution in [0.1, 0.15) is 28.6 Å². The van der Waals surface area contributed by atoms with Crippen molar-refractivity contribution in [3.8, 4) is 28.6 Å². The number of ether oxygens (including phenoxy) is 2. The molecule has 186 valence electrons. The summed E-state index contributed by atoms with van der Waals surface area (Å²) in [6.07, 6.45) is -1.68. The molecule has 0 N–H and O–H groups in total. The SMILES string of the molecule is COc1cc(C(=O)N2CCC2c2noc(-c3ccccc3OC(F)(F)F)n2)c(-n2nccn2)cc1F. The first-order chi connectivity index (χ1) is 17.2. The highest BCUT2D eigenvalue weighted by Gasteiger charge is 2.39. The number of halogens is 4. The average molecular weight is 504 g/mol. The van der Waals surface area contributed by atoms with Gasteiger partial charge in [-0.1, -0.05) is 17.3 Å². The fourth-order valence-corrected chi connectivity index (χ4v) is 3.77. The van der Waals surface area contributed by atoms with Crippen LogP contribution >= 0.6 is 0 Å². The maximum atomic E-state index is 14.4. The van der Waals surface area contributed by atoms with Crippen molar-refractivity contribution in [2.45, 2.75) is 18.8 Å². The zero-order chi connectivity index (χ0) is 25.4. The van der Waals surface area contributed by atoms with Crippen LogP contribution in [0, 0.1) is 5.82 Å². The molecular weight excluding hydrogens is 488 g/mol. The van der Waals surface area contributed by atoms with Crippen LogP contribution in [0.3, 0.4) is 0 Å². The molecule has 1 amide bonds. The van der Waals surface area contributed by atoms with Gasteiger partial charge in [0.2, 0.25) is 0 Å². The first-order valence-corrected chi connectivity index (χ1v) is 10.5. The van der Waals surface area contributed by atoms with E-state index < -0.39 is 29.9 Å². The summed E-state index contributed by atoms with van der Waals surface area (Å²) in [6, 6.07) is 7.05. The third-order valence-corrected chi connectivity index (χ3v) is 5.50. The third kappa shape index (κ3) is 4.32. The highest BCUT2D eigenvalue weighted by atomic mass is 19.4. The van der Waals surface area contributed by atoms with Crippen molar-refractivity contribution in [2.24, 2.45) is 0 Å². The van der Waals surface area contributed by atoms with E-state index in [9.17, 15) is 22.4 Å². The minimum Gasteiger partial charge on any atom is -0.494 e. The molecule has 36 heavy (non-hydrogen) atoms. The fraction of sp³-hybridized carbons (Fsp3) is 0.227. The van der Waals surface area contributed by atoms with Crippen LogP contribution in [-0.4, -0.2) is 56.0 Å². The lowest BCUT2D eigenvalue weighted by Crippen LogP contribution is -2.46. The van der Waals surface area contributed by atoms with Crippen molar-refractivity contribution >= 4 is 5.91 Å². The van der Waals surface area contributed by atoms with E-state index in [2.05, 4.69) is 25.1 Å². The number of hydrogen-bond acceptors (Lipinski definition) is 8. The topological polar surface area (TPSA) is 108 Å². The zero-order valence-corrected chi connectivity index (χ0v) is 18.4. The van der Waals surface area contributed by atoms with Gasteiger partial charge in [0.25, 0.3) is 11.8 Å². The molecule has 14 heteroatoms. The van der Waals surface area contributed by atoms with Crippen LogP contribution in [0.15, 0.2) is 53.3 Å². The molecule has 1 unspecified atom stereocenters. The Hall–Kier alpha value is -4.49. The van der Waals surface area contributed by atoms with Gasteiger partial charge >= 0.3 is 6.36 Å². The van der Waals surface area contributed by atoms with Crippen molar-refractivity contribution in [2.75, 3.05) is 13.7 Å². The molecule has 0 spiro atoms. The lowest BCUT2D eigenvalue weighted by molar-refractivity contribution is -0.274. The molecule has 1 saturated heterocycles. The summed E-state index contributed by atoms with van der Waals surface area (Å²) in [5.74, 6) is -1.95. The standard InChI is InChI=1S/C22H16F4N6O4/c1-34-18-10-13(16(11-14(18)23)32-27-7-8-28-32)21(33)31-9-6-15(31)19-29-20(36-30-19)12-4-2-3-5-17(12)35-22(24,25)26/h2-5,7-8,10-11,15H,6,9H2,1H3. The van der Waals surface area contributed by atoms with E-state index >= 15 is 0 Å². The van der Waals surface area contributed by atoms with Gasteiger partial charge in [0.15, 0.2) is 17.4 Å². The van der Waals surface area contributed by atoms with Crippen LogP contribution in [0.4, 0.5) is 17.6 Å². The largest absolute Gasteiger partial charge is 0.573 e. The molecule has 0 aliphatic carbocycles. The summed E-state index contributed by atoms with van der Waals surface area (Å²) in [4.78, 5) is 20.2. The molecule has 1 aliphatic heterocycles. The first kappa shape index (κ1) is 23.3. The minimum absolute atomic E-state index is 0.0545. The maximum absolute atomic E-state index is 14.4. The van der Waals surface area contributed by atoms with Gasteiger partial charge in [-0.15, -0.1) is 13.2 Å². The lowest BCUT2D eigenvalue weighted by atomic mass is 9.99.